The van der Waals surface area contributed by atoms with Crippen molar-refractivity contribution in [3.63, 3.8) is 0 Å². The fourth-order valence-corrected chi connectivity index (χ4v) is 2.06. The molecule has 2 aromatic rings. The number of hydrogen-bond donors (Lipinski definition) is 2. The van der Waals surface area contributed by atoms with Gasteiger partial charge in [-0.25, -0.2) is 0 Å². The van der Waals surface area contributed by atoms with Crippen LogP contribution >= 0.6 is 0 Å². The maximum absolute atomic E-state index is 11.9. The Labute approximate surface area is 97.1 Å². The average molecular weight is 229 g/mol. The third-order valence-corrected chi connectivity index (χ3v) is 2.94. The van der Waals surface area contributed by atoms with Crippen molar-refractivity contribution in [1.29, 1.82) is 0 Å². The topological polar surface area (TPSA) is 83.6 Å². The van der Waals surface area contributed by atoms with Crippen LogP contribution in [0.5, 0.6) is 0 Å². The van der Waals surface area contributed by atoms with Gasteiger partial charge in [-0.2, -0.15) is 10.2 Å². The molecule has 0 aromatic carbocycles. The van der Waals surface area contributed by atoms with Gasteiger partial charge in [-0.05, 0) is 18.9 Å². The summed E-state index contributed by atoms with van der Waals surface area (Å²) in [5, 5.41) is 17.6. The number of allylic oxidation sites excluding steroid dienone is 1. The number of carbonyl (C=O) groups excluding carboxylic acids is 1. The summed E-state index contributed by atoms with van der Waals surface area (Å²) in [6, 6.07) is 1.79. The highest BCUT2D eigenvalue weighted by Gasteiger charge is 2.29. The number of H-pyrrole nitrogens is 1. The predicted molar refractivity (Wildman–Crippen MR) is 60.9 cm³/mol. The molecule has 0 spiro atoms. The molecule has 1 atom stereocenters. The Kier molecular flexibility index (Phi) is 2.14. The summed E-state index contributed by atoms with van der Waals surface area (Å²) in [4.78, 5) is 11.9. The monoisotopic (exact) mass is 229 g/mol. The van der Waals surface area contributed by atoms with E-state index in [9.17, 15) is 4.79 Å². The van der Waals surface area contributed by atoms with E-state index in [0.29, 0.717) is 17.6 Å². The minimum atomic E-state index is -0.272. The fraction of sp³-hybridized carbons (Fsp3) is 0.273. The van der Waals surface area contributed by atoms with Crippen molar-refractivity contribution < 1.29 is 4.79 Å². The van der Waals surface area contributed by atoms with Gasteiger partial charge in [0.2, 0.25) is 5.91 Å². The molecule has 0 bridgehead atoms. The zero-order chi connectivity index (χ0) is 11.8. The van der Waals surface area contributed by atoms with E-state index in [1.54, 1.807) is 12.3 Å². The van der Waals surface area contributed by atoms with Gasteiger partial charge in [0.25, 0.3) is 0 Å². The number of carbonyl (C=O) groups is 1. The highest BCUT2D eigenvalue weighted by Crippen LogP contribution is 2.29. The highest BCUT2D eigenvalue weighted by atomic mass is 16.2. The summed E-state index contributed by atoms with van der Waals surface area (Å²) in [7, 11) is 0. The van der Waals surface area contributed by atoms with Crippen LogP contribution in [-0.2, 0) is 4.79 Å². The Balaban J connectivity index is 2.04. The third-order valence-electron chi connectivity index (χ3n) is 2.94. The Hall–Kier alpha value is -2.24. The van der Waals surface area contributed by atoms with Gasteiger partial charge in [-0.15, -0.1) is 5.10 Å². The van der Waals surface area contributed by atoms with Gasteiger partial charge in [0, 0.05) is 5.70 Å². The Bertz CT molecular complexity index is 603. The Morgan fingerprint density at radius 2 is 2.35 bits per heavy atom. The minimum Gasteiger partial charge on any atom is -0.330 e. The normalized spacial score (nSPS) is 20.6. The zero-order valence-electron chi connectivity index (χ0n) is 9.10. The number of amides is 1. The first-order valence-corrected chi connectivity index (χ1v) is 5.40. The molecular weight excluding hydrogens is 218 g/mol. The molecule has 2 aromatic heterocycles. The molecule has 1 unspecified atom stereocenters. The van der Waals surface area contributed by atoms with Gasteiger partial charge < -0.3 is 5.32 Å². The van der Waals surface area contributed by atoms with E-state index < -0.39 is 0 Å². The van der Waals surface area contributed by atoms with E-state index in [1.165, 1.54) is 0 Å². The first kappa shape index (κ1) is 9.95. The number of hydrogen-bond acceptors (Lipinski definition) is 4. The average Bonchev–Trinajstić information content (AvgIpc) is 2.73. The minimum absolute atomic E-state index is 0.0692. The number of nitrogens with zero attached hydrogens (tertiary/aromatic N) is 3. The van der Waals surface area contributed by atoms with Crippen molar-refractivity contribution in [3.05, 3.63) is 30.2 Å². The second-order valence-corrected chi connectivity index (χ2v) is 4.09. The molecule has 0 radical (unpaired) electrons. The van der Waals surface area contributed by atoms with Gasteiger partial charge in [0.1, 0.15) is 11.2 Å². The van der Waals surface area contributed by atoms with E-state index >= 15 is 0 Å². The van der Waals surface area contributed by atoms with E-state index in [4.69, 9.17) is 0 Å². The van der Waals surface area contributed by atoms with Crippen LogP contribution in [0.15, 0.2) is 24.5 Å². The second-order valence-electron chi connectivity index (χ2n) is 4.09. The number of fused-ring (bicyclic) bond motifs is 1. The number of aromatic amines is 1. The molecule has 2 N–H and O–H groups in total. The summed E-state index contributed by atoms with van der Waals surface area (Å²) >= 11 is 0. The Morgan fingerprint density at radius 3 is 3.18 bits per heavy atom. The van der Waals surface area contributed by atoms with Gasteiger partial charge in [0.15, 0.2) is 0 Å². The van der Waals surface area contributed by atoms with Crippen LogP contribution in [-0.4, -0.2) is 26.3 Å². The van der Waals surface area contributed by atoms with E-state index in [2.05, 4.69) is 32.3 Å². The number of piperidine rings is 1. The summed E-state index contributed by atoms with van der Waals surface area (Å²) in [5.41, 5.74) is 2.89. The van der Waals surface area contributed by atoms with Crippen LogP contribution in [0.25, 0.3) is 11.0 Å². The number of aromatic nitrogens is 4. The summed E-state index contributed by atoms with van der Waals surface area (Å²) in [6.07, 6.45) is 3.07. The maximum Gasteiger partial charge on any atom is 0.233 e. The van der Waals surface area contributed by atoms with Gasteiger partial charge >= 0.3 is 0 Å². The van der Waals surface area contributed by atoms with Crippen LogP contribution in [0.1, 0.15) is 24.5 Å². The largest absolute Gasteiger partial charge is 0.330 e. The van der Waals surface area contributed by atoms with Crippen molar-refractivity contribution in [3.8, 4) is 0 Å². The first-order valence-electron chi connectivity index (χ1n) is 5.40. The molecule has 0 aliphatic carbocycles. The van der Waals surface area contributed by atoms with Crippen LogP contribution in [0.4, 0.5) is 0 Å². The third kappa shape index (κ3) is 1.57. The number of rotatable bonds is 1. The van der Waals surface area contributed by atoms with Crippen LogP contribution in [0.3, 0.4) is 0 Å². The van der Waals surface area contributed by atoms with Gasteiger partial charge in [0.05, 0.1) is 17.6 Å². The smallest absolute Gasteiger partial charge is 0.233 e. The van der Waals surface area contributed by atoms with Crippen LogP contribution < -0.4 is 5.32 Å². The number of nitrogens with one attached hydrogen (secondary N) is 2. The molecule has 1 amide bonds. The molecule has 86 valence electrons. The molecule has 1 saturated heterocycles. The second kappa shape index (κ2) is 3.65. The molecule has 3 heterocycles. The Morgan fingerprint density at radius 1 is 1.47 bits per heavy atom. The zero-order valence-corrected chi connectivity index (χ0v) is 9.10. The van der Waals surface area contributed by atoms with Crippen LogP contribution in [0, 0.1) is 0 Å². The molecule has 6 heteroatoms. The SMILES string of the molecule is C=C1CCC(c2n[nH]c3ccnnc23)C(=O)N1. The first-order chi connectivity index (χ1) is 8.25. The van der Waals surface area contributed by atoms with Gasteiger partial charge in [-0.1, -0.05) is 6.58 Å². The van der Waals surface area contributed by atoms with Crippen molar-refractivity contribution in [2.45, 2.75) is 18.8 Å². The van der Waals surface area contributed by atoms with Crippen molar-refractivity contribution >= 4 is 16.9 Å². The molecule has 1 aliphatic rings. The molecular formula is C11H11N5O. The highest BCUT2D eigenvalue weighted by molar-refractivity contribution is 5.90. The van der Waals surface area contributed by atoms with Crippen LogP contribution in [0.2, 0.25) is 0 Å². The van der Waals surface area contributed by atoms with Gasteiger partial charge in [-0.3, -0.25) is 9.89 Å². The summed E-state index contributed by atoms with van der Waals surface area (Å²) in [5.74, 6) is -0.341. The quantitative estimate of drug-likeness (QED) is 0.759. The molecule has 1 fully saturated rings. The fourth-order valence-electron chi connectivity index (χ4n) is 2.06. The molecule has 6 nitrogen and oxygen atoms in total. The maximum atomic E-state index is 11.9. The lowest BCUT2D eigenvalue weighted by molar-refractivity contribution is -0.122. The van der Waals surface area contributed by atoms with E-state index in [-0.39, 0.29) is 11.8 Å². The van der Waals surface area contributed by atoms with E-state index in [0.717, 1.165) is 17.6 Å². The lowest BCUT2D eigenvalue weighted by atomic mass is 9.93. The lowest BCUT2D eigenvalue weighted by Gasteiger charge is -2.21. The van der Waals surface area contributed by atoms with E-state index in [1.807, 2.05) is 0 Å². The van der Waals surface area contributed by atoms with Crippen molar-refractivity contribution in [2.24, 2.45) is 0 Å². The molecule has 1 aliphatic heterocycles. The predicted octanol–water partition coefficient (Wildman–Crippen LogP) is 0.860. The molecule has 3 rings (SSSR count). The van der Waals surface area contributed by atoms with Crippen molar-refractivity contribution in [1.82, 2.24) is 25.7 Å². The summed E-state index contributed by atoms with van der Waals surface area (Å²) in [6.45, 7) is 3.75. The van der Waals surface area contributed by atoms with Crippen molar-refractivity contribution in [2.75, 3.05) is 0 Å². The molecule has 17 heavy (non-hydrogen) atoms. The lowest BCUT2D eigenvalue weighted by Crippen LogP contribution is -2.33. The standard InChI is InChI=1S/C11H11N5O/c1-6-2-3-7(11(17)13-6)9-10-8(14-16-9)4-5-12-15-10/h4-5,7H,1-3H2,(H,13,17)(H,14,16). The summed E-state index contributed by atoms with van der Waals surface area (Å²) < 4.78 is 0. The molecule has 0 saturated carbocycles.